The van der Waals surface area contributed by atoms with Gasteiger partial charge in [0.1, 0.15) is 5.75 Å². The first-order chi connectivity index (χ1) is 7.56. The number of hydrogen-bond donors (Lipinski definition) is 2. The first-order valence-electron chi connectivity index (χ1n) is 5.34. The molecule has 1 atom stereocenters. The Balaban J connectivity index is 2.80. The standard InChI is InChI=1S/C12H20N2OS/c1-9(13)11-5-4-10(8-12(11)15)14(2)6-7-16-3/h4-5,8-9,15H,6-7,13H2,1-3H3. The van der Waals surface area contributed by atoms with E-state index in [0.717, 1.165) is 23.5 Å². The predicted octanol–water partition coefficient (Wildman–Crippen LogP) is 2.21. The van der Waals surface area contributed by atoms with E-state index in [9.17, 15) is 5.11 Å². The smallest absolute Gasteiger partial charge is 0.122 e. The van der Waals surface area contributed by atoms with E-state index < -0.39 is 0 Å². The fourth-order valence-corrected chi connectivity index (χ4v) is 1.97. The summed E-state index contributed by atoms with van der Waals surface area (Å²) < 4.78 is 0. The molecule has 0 aliphatic carbocycles. The molecule has 0 amide bonds. The Morgan fingerprint density at radius 3 is 2.69 bits per heavy atom. The molecular formula is C12H20N2OS. The molecule has 0 aliphatic heterocycles. The number of aromatic hydroxyl groups is 1. The minimum Gasteiger partial charge on any atom is -0.508 e. The molecular weight excluding hydrogens is 220 g/mol. The molecule has 1 rings (SSSR count). The Hall–Kier alpha value is -0.870. The number of thioether (sulfide) groups is 1. The van der Waals surface area contributed by atoms with Crippen LogP contribution in [0.4, 0.5) is 5.69 Å². The Labute approximate surface area is 102 Å². The van der Waals surface area contributed by atoms with Crippen LogP contribution in [0.1, 0.15) is 18.5 Å². The van der Waals surface area contributed by atoms with E-state index in [0.29, 0.717) is 0 Å². The minimum absolute atomic E-state index is 0.134. The van der Waals surface area contributed by atoms with Crippen molar-refractivity contribution < 1.29 is 5.11 Å². The maximum atomic E-state index is 9.82. The second-order valence-electron chi connectivity index (χ2n) is 3.95. The van der Waals surface area contributed by atoms with Gasteiger partial charge in [0, 0.05) is 42.7 Å². The molecule has 0 aromatic heterocycles. The van der Waals surface area contributed by atoms with Crippen molar-refractivity contribution in [3.8, 4) is 5.75 Å². The van der Waals surface area contributed by atoms with Gasteiger partial charge in [0.2, 0.25) is 0 Å². The van der Waals surface area contributed by atoms with Crippen molar-refractivity contribution in [2.45, 2.75) is 13.0 Å². The lowest BCUT2D eigenvalue weighted by molar-refractivity contribution is 0.464. The van der Waals surface area contributed by atoms with E-state index in [1.807, 2.05) is 37.9 Å². The zero-order chi connectivity index (χ0) is 12.1. The van der Waals surface area contributed by atoms with E-state index in [-0.39, 0.29) is 11.8 Å². The Morgan fingerprint density at radius 1 is 1.50 bits per heavy atom. The van der Waals surface area contributed by atoms with Gasteiger partial charge in [-0.1, -0.05) is 6.07 Å². The second kappa shape index (κ2) is 6.01. The SMILES string of the molecule is CSCCN(C)c1ccc(C(C)N)c(O)c1. The van der Waals surface area contributed by atoms with Crippen molar-refractivity contribution in [3.63, 3.8) is 0 Å². The van der Waals surface area contributed by atoms with Gasteiger partial charge in [-0.15, -0.1) is 0 Å². The van der Waals surface area contributed by atoms with Crippen LogP contribution in [0, 0.1) is 0 Å². The number of phenols is 1. The zero-order valence-corrected chi connectivity index (χ0v) is 10.9. The number of rotatable bonds is 5. The summed E-state index contributed by atoms with van der Waals surface area (Å²) in [7, 11) is 2.02. The molecule has 0 fully saturated rings. The summed E-state index contributed by atoms with van der Waals surface area (Å²) in [6.45, 7) is 2.84. The monoisotopic (exact) mass is 240 g/mol. The predicted molar refractivity (Wildman–Crippen MR) is 72.4 cm³/mol. The van der Waals surface area contributed by atoms with Crippen LogP contribution in [0.25, 0.3) is 0 Å². The largest absolute Gasteiger partial charge is 0.508 e. The van der Waals surface area contributed by atoms with Gasteiger partial charge in [-0.05, 0) is 19.2 Å². The fraction of sp³-hybridized carbons (Fsp3) is 0.500. The number of benzene rings is 1. The number of nitrogens with zero attached hydrogens (tertiary/aromatic N) is 1. The van der Waals surface area contributed by atoms with Gasteiger partial charge < -0.3 is 15.7 Å². The summed E-state index contributed by atoms with van der Waals surface area (Å²) in [5.74, 6) is 1.36. The molecule has 16 heavy (non-hydrogen) atoms. The minimum atomic E-state index is -0.134. The molecule has 0 saturated heterocycles. The average molecular weight is 240 g/mol. The molecule has 3 nitrogen and oxygen atoms in total. The van der Waals surface area contributed by atoms with Gasteiger partial charge in [0.05, 0.1) is 0 Å². The summed E-state index contributed by atoms with van der Waals surface area (Å²) in [4.78, 5) is 2.13. The molecule has 0 radical (unpaired) electrons. The van der Waals surface area contributed by atoms with Gasteiger partial charge in [0.15, 0.2) is 0 Å². The van der Waals surface area contributed by atoms with Gasteiger partial charge in [-0.2, -0.15) is 11.8 Å². The van der Waals surface area contributed by atoms with Crippen molar-refractivity contribution in [1.29, 1.82) is 0 Å². The molecule has 1 aromatic rings. The normalized spacial score (nSPS) is 12.5. The molecule has 0 aliphatic rings. The molecule has 0 heterocycles. The van der Waals surface area contributed by atoms with Crippen LogP contribution < -0.4 is 10.6 Å². The number of anilines is 1. The zero-order valence-electron chi connectivity index (χ0n) is 10.1. The maximum Gasteiger partial charge on any atom is 0.122 e. The lowest BCUT2D eigenvalue weighted by atomic mass is 10.1. The molecule has 0 spiro atoms. The summed E-state index contributed by atoms with van der Waals surface area (Å²) in [5, 5.41) is 9.82. The topological polar surface area (TPSA) is 49.5 Å². The van der Waals surface area contributed by atoms with Crippen LogP contribution in [0.5, 0.6) is 5.75 Å². The highest BCUT2D eigenvalue weighted by molar-refractivity contribution is 7.98. The summed E-state index contributed by atoms with van der Waals surface area (Å²) in [6.07, 6.45) is 2.09. The second-order valence-corrected chi connectivity index (χ2v) is 4.93. The van der Waals surface area contributed by atoms with Crippen LogP contribution in [0.2, 0.25) is 0 Å². The molecule has 1 unspecified atom stereocenters. The van der Waals surface area contributed by atoms with E-state index in [1.54, 1.807) is 6.07 Å². The maximum absolute atomic E-state index is 9.82. The van der Waals surface area contributed by atoms with Crippen molar-refractivity contribution in [2.75, 3.05) is 30.5 Å². The Morgan fingerprint density at radius 2 is 2.19 bits per heavy atom. The van der Waals surface area contributed by atoms with E-state index in [4.69, 9.17) is 5.73 Å². The van der Waals surface area contributed by atoms with Crippen LogP contribution in [-0.4, -0.2) is 30.7 Å². The molecule has 3 N–H and O–H groups in total. The highest BCUT2D eigenvalue weighted by Gasteiger charge is 2.08. The quantitative estimate of drug-likeness (QED) is 0.828. The first kappa shape index (κ1) is 13.2. The van der Waals surface area contributed by atoms with Gasteiger partial charge in [-0.3, -0.25) is 0 Å². The Bertz CT molecular complexity index is 342. The van der Waals surface area contributed by atoms with Crippen molar-refractivity contribution >= 4 is 17.4 Å². The molecule has 90 valence electrons. The highest BCUT2D eigenvalue weighted by atomic mass is 32.2. The lowest BCUT2D eigenvalue weighted by Gasteiger charge is -2.20. The fourth-order valence-electron chi connectivity index (χ4n) is 1.51. The number of phenolic OH excluding ortho intramolecular Hbond substituents is 1. The third-order valence-electron chi connectivity index (χ3n) is 2.58. The molecule has 1 aromatic carbocycles. The third kappa shape index (κ3) is 3.32. The number of nitrogens with two attached hydrogens (primary N) is 1. The van der Waals surface area contributed by atoms with Gasteiger partial charge in [0.25, 0.3) is 0 Å². The van der Waals surface area contributed by atoms with Crippen LogP contribution in [0.15, 0.2) is 18.2 Å². The van der Waals surface area contributed by atoms with Crippen molar-refractivity contribution in [2.24, 2.45) is 5.73 Å². The van der Waals surface area contributed by atoms with Crippen molar-refractivity contribution in [1.82, 2.24) is 0 Å². The van der Waals surface area contributed by atoms with Gasteiger partial charge in [-0.25, -0.2) is 0 Å². The Kier molecular flexibility index (Phi) is 4.96. The molecule has 0 bridgehead atoms. The lowest BCUT2D eigenvalue weighted by Crippen LogP contribution is -2.20. The van der Waals surface area contributed by atoms with E-state index >= 15 is 0 Å². The first-order valence-corrected chi connectivity index (χ1v) is 6.74. The summed E-state index contributed by atoms with van der Waals surface area (Å²) >= 11 is 1.81. The number of hydrogen-bond acceptors (Lipinski definition) is 4. The van der Waals surface area contributed by atoms with Crippen molar-refractivity contribution in [3.05, 3.63) is 23.8 Å². The summed E-state index contributed by atoms with van der Waals surface area (Å²) in [6, 6.07) is 5.54. The van der Waals surface area contributed by atoms with Crippen LogP contribution in [-0.2, 0) is 0 Å². The molecule has 0 saturated carbocycles. The van der Waals surface area contributed by atoms with E-state index in [2.05, 4.69) is 11.2 Å². The summed E-state index contributed by atoms with van der Waals surface area (Å²) in [5.41, 5.74) is 7.56. The van der Waals surface area contributed by atoms with Crippen LogP contribution in [0.3, 0.4) is 0 Å². The average Bonchev–Trinajstić information content (AvgIpc) is 2.25. The van der Waals surface area contributed by atoms with Gasteiger partial charge >= 0.3 is 0 Å². The van der Waals surface area contributed by atoms with E-state index in [1.165, 1.54) is 0 Å². The highest BCUT2D eigenvalue weighted by Crippen LogP contribution is 2.27. The molecule has 4 heteroatoms. The third-order valence-corrected chi connectivity index (χ3v) is 3.17. The van der Waals surface area contributed by atoms with Crippen LogP contribution >= 0.6 is 11.8 Å².